The van der Waals surface area contributed by atoms with Crippen LogP contribution in [0.2, 0.25) is 10.0 Å². The Bertz CT molecular complexity index is 1580. The fourth-order valence-electron chi connectivity index (χ4n) is 6.01. The molecule has 2 saturated heterocycles. The van der Waals surface area contributed by atoms with Crippen molar-refractivity contribution in [2.24, 2.45) is 0 Å². The van der Waals surface area contributed by atoms with Crippen molar-refractivity contribution in [1.82, 2.24) is 29.7 Å². The number of amides is 3. The fraction of sp³-hybridized carbons (Fsp3) is 0.485. The molecule has 5 rings (SSSR count). The van der Waals surface area contributed by atoms with Crippen molar-refractivity contribution >= 4 is 41.1 Å². The summed E-state index contributed by atoms with van der Waals surface area (Å²) in [6.45, 7) is 12.4. The van der Waals surface area contributed by atoms with E-state index in [1.807, 2.05) is 39.0 Å². The van der Waals surface area contributed by atoms with E-state index >= 15 is 0 Å². The lowest BCUT2D eigenvalue weighted by Gasteiger charge is -2.41. The van der Waals surface area contributed by atoms with Crippen LogP contribution in [0.1, 0.15) is 51.3 Å². The average Bonchev–Trinajstić information content (AvgIpc) is 3.62. The van der Waals surface area contributed by atoms with Gasteiger partial charge in [0.25, 0.3) is 5.91 Å². The molecule has 2 aliphatic heterocycles. The third kappa shape index (κ3) is 7.93. The molecule has 2 aliphatic rings. The van der Waals surface area contributed by atoms with E-state index < -0.39 is 17.7 Å². The Hall–Kier alpha value is -3.83. The van der Waals surface area contributed by atoms with E-state index in [4.69, 9.17) is 32.7 Å². The summed E-state index contributed by atoms with van der Waals surface area (Å²) in [6, 6.07) is 9.62. The first-order valence-corrected chi connectivity index (χ1v) is 16.1. The Labute approximate surface area is 279 Å². The van der Waals surface area contributed by atoms with Crippen LogP contribution in [0, 0.1) is 13.8 Å². The number of benzene rings is 2. The van der Waals surface area contributed by atoms with E-state index in [0.717, 1.165) is 11.1 Å². The second kappa shape index (κ2) is 13.5. The molecule has 0 radical (unpaired) electrons. The smallest absolute Gasteiger partial charge is 0.411 e. The molecule has 3 heterocycles. The Balaban J connectivity index is 1.27. The van der Waals surface area contributed by atoms with Gasteiger partial charge in [-0.2, -0.15) is 0 Å². The normalized spacial score (nSPS) is 20.2. The molecule has 11 nitrogen and oxygen atoms in total. The number of rotatable bonds is 6. The van der Waals surface area contributed by atoms with Crippen LogP contribution in [0.3, 0.4) is 0 Å². The summed E-state index contributed by atoms with van der Waals surface area (Å²) in [4.78, 5) is 45.5. The Morgan fingerprint density at radius 2 is 1.61 bits per heavy atom. The second-order valence-electron chi connectivity index (χ2n) is 13.1. The van der Waals surface area contributed by atoms with Gasteiger partial charge in [-0.25, -0.2) is 9.48 Å². The summed E-state index contributed by atoms with van der Waals surface area (Å²) < 4.78 is 13.2. The van der Waals surface area contributed by atoms with Crippen LogP contribution in [0.5, 0.6) is 5.75 Å². The van der Waals surface area contributed by atoms with Crippen molar-refractivity contribution in [3.63, 3.8) is 0 Å². The molecule has 1 unspecified atom stereocenters. The first kappa shape index (κ1) is 33.5. The Kier molecular flexibility index (Phi) is 9.83. The van der Waals surface area contributed by atoms with Gasteiger partial charge in [0.1, 0.15) is 23.1 Å². The molecule has 13 heteroatoms. The van der Waals surface area contributed by atoms with Crippen LogP contribution in [0.4, 0.5) is 4.79 Å². The van der Waals surface area contributed by atoms with Gasteiger partial charge in [0, 0.05) is 54.3 Å². The first-order chi connectivity index (χ1) is 21.7. The summed E-state index contributed by atoms with van der Waals surface area (Å²) in [7, 11) is 0. The van der Waals surface area contributed by atoms with Crippen LogP contribution in [-0.4, -0.2) is 98.1 Å². The molecule has 3 atom stereocenters. The number of hydrogen-bond acceptors (Lipinski definition) is 7. The number of ether oxygens (including phenoxy) is 2. The van der Waals surface area contributed by atoms with Crippen molar-refractivity contribution in [1.29, 1.82) is 0 Å². The Morgan fingerprint density at radius 1 is 0.935 bits per heavy atom. The van der Waals surface area contributed by atoms with Gasteiger partial charge in [-0.15, -0.1) is 5.10 Å². The van der Waals surface area contributed by atoms with Crippen molar-refractivity contribution in [3.8, 4) is 17.0 Å². The fourth-order valence-corrected chi connectivity index (χ4v) is 6.53. The maximum absolute atomic E-state index is 14.1. The number of halogens is 2. The van der Waals surface area contributed by atoms with E-state index in [1.165, 1.54) is 4.90 Å². The molecule has 1 aromatic heterocycles. The predicted molar refractivity (Wildman–Crippen MR) is 175 cm³/mol. The molecule has 3 aromatic rings. The van der Waals surface area contributed by atoms with Crippen molar-refractivity contribution in [3.05, 3.63) is 63.8 Å². The maximum Gasteiger partial charge on any atom is 0.411 e. The molecule has 0 spiro atoms. The third-order valence-electron chi connectivity index (χ3n) is 8.06. The topological polar surface area (TPSA) is 110 Å². The number of carbonyl (C=O) groups is 3. The van der Waals surface area contributed by atoms with Crippen LogP contribution in [0.25, 0.3) is 11.3 Å². The summed E-state index contributed by atoms with van der Waals surface area (Å²) in [5.74, 6) is 0.320. The number of hydrogen-bond donors (Lipinski definition) is 0. The highest BCUT2D eigenvalue weighted by molar-refractivity contribution is 6.35. The molecule has 0 bridgehead atoms. The highest BCUT2D eigenvalue weighted by atomic mass is 35.5. The van der Waals surface area contributed by atoms with Crippen LogP contribution >= 0.6 is 23.2 Å². The van der Waals surface area contributed by atoms with Gasteiger partial charge in [-0.05, 0) is 83.0 Å². The zero-order valence-corrected chi connectivity index (χ0v) is 28.5. The van der Waals surface area contributed by atoms with Crippen molar-refractivity contribution in [2.45, 2.75) is 71.7 Å². The van der Waals surface area contributed by atoms with Crippen LogP contribution < -0.4 is 4.74 Å². The van der Waals surface area contributed by atoms with Crippen LogP contribution in [0.15, 0.2) is 42.6 Å². The van der Waals surface area contributed by atoms with E-state index in [9.17, 15) is 14.4 Å². The number of piperazine rings is 1. The zero-order valence-electron chi connectivity index (χ0n) is 27.0. The zero-order chi connectivity index (χ0) is 33.3. The summed E-state index contributed by atoms with van der Waals surface area (Å²) in [6.07, 6.45) is 1.52. The SMILES string of the molecule is Cc1cc(C)cc(OCC(=O)N2CCN(C(=O)[C@H]3CC(n4cc(-c5cc(Cl)cc(Cl)c5)nn4)CN3C(=O)OC(C)(C)C)[C@H](C)C2)c1. The summed E-state index contributed by atoms with van der Waals surface area (Å²) in [5.41, 5.74) is 2.66. The number of carbonyl (C=O) groups excluding carboxylic acids is 3. The van der Waals surface area contributed by atoms with Crippen molar-refractivity contribution in [2.75, 3.05) is 32.8 Å². The van der Waals surface area contributed by atoms with Gasteiger partial charge in [-0.3, -0.25) is 14.5 Å². The standard InChI is InChI=1S/C33H40Cl2N6O5/c1-20-9-21(2)11-27(10-20)45-19-30(42)38-7-8-39(22(3)16-38)31(43)29-15-26(17-40(29)32(44)46-33(4,5)6)41-18-28(36-37-41)23-12-24(34)14-25(35)13-23/h9-14,18,22,26,29H,7-8,15-17,19H2,1-6H3/t22-,26?,29-/m1/s1. The summed E-state index contributed by atoms with van der Waals surface area (Å²) >= 11 is 12.4. The lowest BCUT2D eigenvalue weighted by molar-refractivity contribution is -0.146. The molecule has 2 aromatic carbocycles. The molecule has 0 N–H and O–H groups in total. The highest BCUT2D eigenvalue weighted by Gasteiger charge is 2.45. The lowest BCUT2D eigenvalue weighted by atomic mass is 10.1. The minimum Gasteiger partial charge on any atom is -0.484 e. The predicted octanol–water partition coefficient (Wildman–Crippen LogP) is 5.56. The van der Waals surface area contributed by atoms with E-state index in [0.29, 0.717) is 53.1 Å². The largest absolute Gasteiger partial charge is 0.484 e. The number of likely N-dealkylation sites (tertiary alicyclic amines) is 1. The second-order valence-corrected chi connectivity index (χ2v) is 14.0. The van der Waals surface area contributed by atoms with Crippen LogP contribution in [-0.2, 0) is 14.3 Å². The average molecular weight is 672 g/mol. The highest BCUT2D eigenvalue weighted by Crippen LogP contribution is 2.32. The minimum atomic E-state index is -0.772. The monoisotopic (exact) mass is 670 g/mol. The summed E-state index contributed by atoms with van der Waals surface area (Å²) in [5, 5.41) is 9.58. The molecule has 2 fully saturated rings. The molecular weight excluding hydrogens is 631 g/mol. The molecule has 46 heavy (non-hydrogen) atoms. The quantitative estimate of drug-likeness (QED) is 0.338. The number of nitrogens with zero attached hydrogens (tertiary/aromatic N) is 6. The van der Waals surface area contributed by atoms with Gasteiger partial charge in [0.15, 0.2) is 6.61 Å². The molecule has 0 saturated carbocycles. The number of aryl methyl sites for hydroxylation is 2. The van der Waals surface area contributed by atoms with Gasteiger partial charge in [0.2, 0.25) is 5.91 Å². The van der Waals surface area contributed by atoms with Crippen molar-refractivity contribution < 1.29 is 23.9 Å². The Morgan fingerprint density at radius 3 is 2.24 bits per heavy atom. The molecule has 0 aliphatic carbocycles. The third-order valence-corrected chi connectivity index (χ3v) is 8.49. The molecule has 3 amide bonds. The lowest BCUT2D eigenvalue weighted by Crippen LogP contribution is -2.59. The van der Waals surface area contributed by atoms with Gasteiger partial charge in [0.05, 0.1) is 12.2 Å². The molecular formula is C33H40Cl2N6O5. The first-order valence-electron chi connectivity index (χ1n) is 15.3. The van der Waals surface area contributed by atoms with Gasteiger partial charge >= 0.3 is 6.09 Å². The van der Waals surface area contributed by atoms with Gasteiger partial charge < -0.3 is 19.3 Å². The maximum atomic E-state index is 14.1. The minimum absolute atomic E-state index is 0.0818. The van der Waals surface area contributed by atoms with E-state index in [1.54, 1.807) is 59.6 Å². The number of aromatic nitrogens is 3. The molecule has 246 valence electrons. The van der Waals surface area contributed by atoms with E-state index in [2.05, 4.69) is 10.3 Å². The van der Waals surface area contributed by atoms with E-state index in [-0.39, 0.29) is 37.0 Å². The van der Waals surface area contributed by atoms with Gasteiger partial charge in [-0.1, -0.05) is 34.5 Å².